The van der Waals surface area contributed by atoms with E-state index < -0.39 is 0 Å². The molecule has 0 N–H and O–H groups in total. The van der Waals surface area contributed by atoms with Crippen LogP contribution in [0.1, 0.15) is 75.8 Å². The van der Waals surface area contributed by atoms with Crippen molar-refractivity contribution in [1.82, 2.24) is 0 Å². The lowest BCUT2D eigenvalue weighted by Gasteiger charge is -2.45. The van der Waals surface area contributed by atoms with Gasteiger partial charge in [0.15, 0.2) is 0 Å². The second-order valence-corrected chi connectivity index (χ2v) is 9.41. The lowest BCUT2D eigenvalue weighted by Crippen LogP contribution is -2.35. The molecule has 0 bridgehead atoms. The van der Waals surface area contributed by atoms with Gasteiger partial charge in [0.2, 0.25) is 0 Å². The molecule has 1 heteroatoms. The smallest absolute Gasteiger partial charge is 0.0408 e. The van der Waals surface area contributed by atoms with E-state index in [-0.39, 0.29) is 0 Å². The monoisotopic (exact) mass is 344 g/mol. The maximum absolute atomic E-state index is 6.17. The summed E-state index contributed by atoms with van der Waals surface area (Å²) in [6, 6.07) is 6.60. The largest absolute Gasteiger partial charge is 0.0843 e. The van der Waals surface area contributed by atoms with Gasteiger partial charge in [0.1, 0.15) is 0 Å². The maximum Gasteiger partial charge on any atom is 0.0408 e. The molecule has 0 nitrogen and oxygen atoms in total. The Morgan fingerprint density at radius 3 is 2.46 bits per heavy atom. The number of hydrogen-bond donors (Lipinski definition) is 0. The Morgan fingerprint density at radius 2 is 1.62 bits per heavy atom. The molecule has 3 aliphatic carbocycles. The van der Waals surface area contributed by atoms with Crippen LogP contribution in [-0.4, -0.2) is 0 Å². The van der Waals surface area contributed by atoms with Crippen molar-refractivity contribution in [3.63, 3.8) is 0 Å². The van der Waals surface area contributed by atoms with Gasteiger partial charge in [-0.3, -0.25) is 0 Å². The molecular formula is C23H33Cl. The molecular weight excluding hydrogens is 312 g/mol. The van der Waals surface area contributed by atoms with Gasteiger partial charge in [-0.25, -0.2) is 0 Å². The second-order valence-electron chi connectivity index (χ2n) is 8.98. The molecule has 4 rings (SSSR count). The minimum Gasteiger partial charge on any atom is -0.0843 e. The highest BCUT2D eigenvalue weighted by atomic mass is 35.5. The summed E-state index contributed by atoms with van der Waals surface area (Å²) < 4.78 is 0. The summed E-state index contributed by atoms with van der Waals surface area (Å²) in [6.45, 7) is 2.36. The van der Waals surface area contributed by atoms with Gasteiger partial charge in [-0.1, -0.05) is 43.9 Å². The average molecular weight is 345 g/mol. The SMILES string of the molecule is CCCC1CCC2CC(C3CCc4cc(Cl)ccc4C3)CCC2C1. The quantitative estimate of drug-likeness (QED) is 0.549. The highest BCUT2D eigenvalue weighted by Crippen LogP contribution is 2.49. The van der Waals surface area contributed by atoms with Crippen LogP contribution in [0.15, 0.2) is 18.2 Å². The molecule has 1 aromatic rings. The van der Waals surface area contributed by atoms with E-state index in [9.17, 15) is 0 Å². The number of benzene rings is 1. The Hall–Kier alpha value is -0.490. The van der Waals surface area contributed by atoms with E-state index in [1.165, 1.54) is 69.8 Å². The van der Waals surface area contributed by atoms with Crippen LogP contribution < -0.4 is 0 Å². The zero-order chi connectivity index (χ0) is 16.5. The maximum atomic E-state index is 6.17. The van der Waals surface area contributed by atoms with Crippen molar-refractivity contribution in [2.45, 2.75) is 77.6 Å². The van der Waals surface area contributed by atoms with Crippen LogP contribution >= 0.6 is 11.6 Å². The van der Waals surface area contributed by atoms with Gasteiger partial charge in [-0.2, -0.15) is 0 Å². The molecule has 0 spiro atoms. The van der Waals surface area contributed by atoms with E-state index >= 15 is 0 Å². The zero-order valence-corrected chi connectivity index (χ0v) is 16.0. The van der Waals surface area contributed by atoms with Crippen LogP contribution in [0, 0.1) is 29.6 Å². The molecule has 5 unspecified atom stereocenters. The highest BCUT2D eigenvalue weighted by molar-refractivity contribution is 6.30. The Morgan fingerprint density at radius 1 is 0.875 bits per heavy atom. The summed E-state index contributed by atoms with van der Waals surface area (Å²) in [6.07, 6.45) is 16.0. The first kappa shape index (κ1) is 17.0. The summed E-state index contributed by atoms with van der Waals surface area (Å²) in [4.78, 5) is 0. The van der Waals surface area contributed by atoms with E-state index in [0.29, 0.717) is 0 Å². The molecule has 0 radical (unpaired) electrons. The molecule has 3 aliphatic rings. The summed E-state index contributed by atoms with van der Waals surface area (Å²) in [5.41, 5.74) is 3.11. The van der Waals surface area contributed by atoms with Crippen LogP contribution in [0.25, 0.3) is 0 Å². The van der Waals surface area contributed by atoms with Crippen LogP contribution in [0.2, 0.25) is 5.02 Å². The van der Waals surface area contributed by atoms with E-state index in [4.69, 9.17) is 11.6 Å². The van der Waals surface area contributed by atoms with Gasteiger partial charge in [0, 0.05) is 5.02 Å². The number of fused-ring (bicyclic) bond motifs is 2. The average Bonchev–Trinajstić information content (AvgIpc) is 2.61. The van der Waals surface area contributed by atoms with Gasteiger partial charge in [0.05, 0.1) is 0 Å². The Balaban J connectivity index is 1.37. The third kappa shape index (κ3) is 3.55. The van der Waals surface area contributed by atoms with E-state index in [1.807, 2.05) is 0 Å². The second kappa shape index (κ2) is 7.40. The summed E-state index contributed by atoms with van der Waals surface area (Å²) in [7, 11) is 0. The van der Waals surface area contributed by atoms with Crippen molar-refractivity contribution in [2.24, 2.45) is 29.6 Å². The van der Waals surface area contributed by atoms with Crippen LogP contribution in [0.5, 0.6) is 0 Å². The van der Waals surface area contributed by atoms with Gasteiger partial charge in [-0.05, 0) is 104 Å². The number of aryl methyl sites for hydroxylation is 1. The highest BCUT2D eigenvalue weighted by Gasteiger charge is 2.38. The number of halogens is 1. The lowest BCUT2D eigenvalue weighted by atomic mass is 9.61. The van der Waals surface area contributed by atoms with Gasteiger partial charge in [0.25, 0.3) is 0 Å². The minimum atomic E-state index is 0.913. The molecule has 1 aromatic carbocycles. The first-order chi connectivity index (χ1) is 11.7. The molecule has 132 valence electrons. The summed E-state index contributed by atoms with van der Waals surface area (Å²) in [5, 5.41) is 0.913. The topological polar surface area (TPSA) is 0 Å². The van der Waals surface area contributed by atoms with E-state index in [2.05, 4.69) is 25.1 Å². The molecule has 5 atom stereocenters. The van der Waals surface area contributed by atoms with Crippen LogP contribution in [0.4, 0.5) is 0 Å². The standard InChI is InChI=1S/C23H33Cl/c1-2-3-16-4-5-18-13-19(7-6-17(18)12-16)20-8-9-22-15-23(24)11-10-21(22)14-20/h10-11,15-20H,2-9,12-14H2,1H3. The van der Waals surface area contributed by atoms with Crippen molar-refractivity contribution in [3.8, 4) is 0 Å². The Labute approximate surface area is 153 Å². The van der Waals surface area contributed by atoms with Crippen LogP contribution in [0.3, 0.4) is 0 Å². The van der Waals surface area contributed by atoms with Gasteiger partial charge >= 0.3 is 0 Å². The van der Waals surface area contributed by atoms with Crippen molar-refractivity contribution >= 4 is 11.6 Å². The molecule has 0 saturated heterocycles. The van der Waals surface area contributed by atoms with Crippen molar-refractivity contribution in [3.05, 3.63) is 34.3 Å². The van der Waals surface area contributed by atoms with Crippen molar-refractivity contribution in [2.75, 3.05) is 0 Å². The molecule has 0 amide bonds. The normalized spacial score (nSPS) is 36.0. The predicted octanol–water partition coefficient (Wildman–Crippen LogP) is 7.08. The first-order valence-electron chi connectivity index (χ1n) is 10.5. The fraction of sp³-hybridized carbons (Fsp3) is 0.739. The van der Waals surface area contributed by atoms with Crippen LogP contribution in [-0.2, 0) is 12.8 Å². The fourth-order valence-electron chi connectivity index (χ4n) is 6.28. The Kier molecular flexibility index (Phi) is 5.23. The van der Waals surface area contributed by atoms with E-state index in [1.54, 1.807) is 12.0 Å². The third-order valence-corrected chi connectivity index (χ3v) is 7.80. The van der Waals surface area contributed by atoms with Gasteiger partial charge < -0.3 is 0 Å². The molecule has 0 aliphatic heterocycles. The van der Waals surface area contributed by atoms with E-state index in [0.717, 1.165) is 34.6 Å². The summed E-state index contributed by atoms with van der Waals surface area (Å²) >= 11 is 6.17. The third-order valence-electron chi connectivity index (χ3n) is 7.56. The fourth-order valence-corrected chi connectivity index (χ4v) is 6.47. The lowest BCUT2D eigenvalue weighted by molar-refractivity contribution is 0.0695. The van der Waals surface area contributed by atoms with Gasteiger partial charge in [-0.15, -0.1) is 0 Å². The molecule has 0 heterocycles. The minimum absolute atomic E-state index is 0.913. The molecule has 2 saturated carbocycles. The van der Waals surface area contributed by atoms with Crippen molar-refractivity contribution < 1.29 is 0 Å². The number of hydrogen-bond acceptors (Lipinski definition) is 0. The molecule has 2 fully saturated rings. The van der Waals surface area contributed by atoms with Crippen molar-refractivity contribution in [1.29, 1.82) is 0 Å². The summed E-state index contributed by atoms with van der Waals surface area (Å²) in [5.74, 6) is 5.12. The number of rotatable bonds is 3. The zero-order valence-electron chi connectivity index (χ0n) is 15.3. The Bertz CT molecular complexity index is 563. The predicted molar refractivity (Wildman–Crippen MR) is 104 cm³/mol. The molecule has 24 heavy (non-hydrogen) atoms. The first-order valence-corrected chi connectivity index (χ1v) is 10.9. The molecule has 0 aromatic heterocycles.